The molecule has 3 aliphatic carbocycles. The van der Waals surface area contributed by atoms with Gasteiger partial charge in [0, 0.05) is 7.05 Å². The standard InChI is InChI=1S/C38H56BN5O8/c1-23-24(14-15-39-51-30-17-25-16-29(37(25,8)9)38(30,10)52-39)12-13-28(32(23)33(46)49-35(2,3)4)48-27-20-43(21-27)31(45)22-44-26(18-40-41-44)19-42(11)34(47)50-36(5,6)7/h12-13,18,25,27,29-30H,14-17,19-22H2,1-11H3/t25-,29-,30+,38-/m0/s1. The summed E-state index contributed by atoms with van der Waals surface area (Å²) in [4.78, 5) is 42.3. The summed E-state index contributed by atoms with van der Waals surface area (Å²) in [6.07, 6.45) is 4.49. The molecule has 4 atom stereocenters. The number of benzene rings is 1. The van der Waals surface area contributed by atoms with Crippen LogP contribution < -0.4 is 4.74 Å². The fourth-order valence-corrected chi connectivity index (χ4v) is 8.34. The van der Waals surface area contributed by atoms with E-state index in [0.717, 1.165) is 17.5 Å². The van der Waals surface area contributed by atoms with E-state index in [1.807, 2.05) is 39.8 Å². The van der Waals surface area contributed by atoms with Gasteiger partial charge in [0.2, 0.25) is 5.91 Å². The van der Waals surface area contributed by atoms with Crippen LogP contribution in [-0.4, -0.2) is 99.0 Å². The predicted octanol–water partition coefficient (Wildman–Crippen LogP) is 5.47. The normalized spacial score (nSPS) is 25.2. The SMILES string of the molecule is Cc1c(CCB2O[C@@H]3C[C@@H]4C[C@@H](C4(C)C)[C@]3(C)O2)ccc(OC2CN(C(=O)Cn3nncc3CN(C)C(=O)OC(C)(C)C)C2)c1C(=O)OC(C)(C)C. The van der Waals surface area contributed by atoms with Gasteiger partial charge in [-0.1, -0.05) is 25.1 Å². The summed E-state index contributed by atoms with van der Waals surface area (Å²) in [6.45, 7) is 20.7. The number of likely N-dealkylation sites (tertiary alicyclic amines) is 1. The van der Waals surface area contributed by atoms with Gasteiger partial charge in [-0.05, 0) is 115 Å². The summed E-state index contributed by atoms with van der Waals surface area (Å²) in [5.74, 6) is 1.02. The third kappa shape index (κ3) is 7.69. The first kappa shape index (κ1) is 38.1. The Bertz CT molecular complexity index is 1690. The second-order valence-corrected chi connectivity index (χ2v) is 17.9. The lowest BCUT2D eigenvalue weighted by Gasteiger charge is -2.64. The Morgan fingerprint density at radius 3 is 2.38 bits per heavy atom. The van der Waals surface area contributed by atoms with Crippen LogP contribution in [0.5, 0.6) is 5.75 Å². The number of carbonyl (C=O) groups excluding carboxylic acids is 3. The average molecular weight is 722 g/mol. The van der Waals surface area contributed by atoms with Crippen molar-refractivity contribution in [3.63, 3.8) is 0 Å². The molecule has 1 aromatic carbocycles. The highest BCUT2D eigenvalue weighted by atomic mass is 16.7. The highest BCUT2D eigenvalue weighted by Crippen LogP contribution is 2.65. The lowest BCUT2D eigenvalue weighted by molar-refractivity contribution is -0.199. The second-order valence-electron chi connectivity index (χ2n) is 17.9. The van der Waals surface area contributed by atoms with Crippen LogP contribution in [0.25, 0.3) is 0 Å². The van der Waals surface area contributed by atoms with Gasteiger partial charge < -0.3 is 33.3 Å². The number of ether oxygens (including phenoxy) is 3. The molecular formula is C38H56BN5O8. The fraction of sp³-hybridized carbons (Fsp3) is 0.711. The number of esters is 1. The number of rotatable bonds is 10. The van der Waals surface area contributed by atoms with Crippen LogP contribution in [-0.2, 0) is 43.1 Å². The summed E-state index contributed by atoms with van der Waals surface area (Å²) < 4.78 is 32.2. The van der Waals surface area contributed by atoms with Gasteiger partial charge in [-0.3, -0.25) is 4.79 Å². The molecule has 2 aliphatic heterocycles. The Balaban J connectivity index is 1.07. The minimum Gasteiger partial charge on any atom is -0.486 e. The molecule has 5 fully saturated rings. The smallest absolute Gasteiger partial charge is 0.457 e. The molecule has 13 nitrogen and oxygen atoms in total. The number of amides is 2. The molecule has 2 bridgehead atoms. The first-order valence-electron chi connectivity index (χ1n) is 18.6. The van der Waals surface area contributed by atoms with E-state index in [9.17, 15) is 14.4 Å². The number of nitrogens with zero attached hydrogens (tertiary/aromatic N) is 5. The van der Waals surface area contributed by atoms with Gasteiger partial charge in [0.05, 0.1) is 43.2 Å². The topological polar surface area (TPSA) is 135 Å². The Morgan fingerprint density at radius 1 is 1.04 bits per heavy atom. The van der Waals surface area contributed by atoms with E-state index in [-0.39, 0.29) is 49.3 Å². The molecule has 1 aromatic heterocycles. The quantitative estimate of drug-likeness (QED) is 0.230. The number of hydrogen-bond acceptors (Lipinski definition) is 10. The van der Waals surface area contributed by atoms with Crippen molar-refractivity contribution in [3.8, 4) is 5.75 Å². The Morgan fingerprint density at radius 2 is 1.73 bits per heavy atom. The maximum atomic E-state index is 13.6. The van der Waals surface area contributed by atoms with Crippen molar-refractivity contribution >= 4 is 25.1 Å². The van der Waals surface area contributed by atoms with E-state index >= 15 is 0 Å². The van der Waals surface area contributed by atoms with Crippen LogP contribution in [0.2, 0.25) is 6.32 Å². The summed E-state index contributed by atoms with van der Waals surface area (Å²) >= 11 is 0. The van der Waals surface area contributed by atoms with Gasteiger partial charge in [-0.25, -0.2) is 14.3 Å². The Kier molecular flexibility index (Phi) is 10.00. The van der Waals surface area contributed by atoms with Crippen molar-refractivity contribution in [2.24, 2.45) is 17.3 Å². The van der Waals surface area contributed by atoms with E-state index in [1.165, 1.54) is 22.2 Å². The minimum atomic E-state index is -0.690. The van der Waals surface area contributed by atoms with E-state index in [4.69, 9.17) is 23.5 Å². The molecule has 0 N–H and O–H groups in total. The predicted molar refractivity (Wildman–Crippen MR) is 194 cm³/mol. The Labute approximate surface area is 308 Å². The molecule has 2 aromatic rings. The molecule has 3 saturated carbocycles. The molecule has 3 heterocycles. The molecule has 7 rings (SSSR count). The van der Waals surface area contributed by atoms with Crippen LogP contribution in [0, 0.1) is 24.2 Å². The zero-order valence-corrected chi connectivity index (χ0v) is 32.8. The van der Waals surface area contributed by atoms with Crippen molar-refractivity contribution in [2.45, 2.75) is 137 Å². The fourth-order valence-electron chi connectivity index (χ4n) is 8.34. The first-order chi connectivity index (χ1) is 24.1. The maximum Gasteiger partial charge on any atom is 0.457 e. The minimum absolute atomic E-state index is 0.0332. The van der Waals surface area contributed by atoms with Crippen molar-refractivity contribution in [3.05, 3.63) is 40.7 Å². The molecule has 0 unspecified atom stereocenters. The van der Waals surface area contributed by atoms with E-state index < -0.39 is 23.3 Å². The zero-order chi connectivity index (χ0) is 38.0. The van der Waals surface area contributed by atoms with Gasteiger partial charge in [-0.2, -0.15) is 0 Å². The summed E-state index contributed by atoms with van der Waals surface area (Å²) in [5, 5.41) is 8.01. The molecule has 0 spiro atoms. The second kappa shape index (κ2) is 13.6. The third-order valence-electron chi connectivity index (χ3n) is 11.4. The third-order valence-corrected chi connectivity index (χ3v) is 11.4. The van der Waals surface area contributed by atoms with Gasteiger partial charge >= 0.3 is 19.2 Å². The molecule has 52 heavy (non-hydrogen) atoms. The number of hydrogen-bond donors (Lipinski definition) is 0. The number of aryl methyl sites for hydroxylation is 1. The maximum absolute atomic E-state index is 13.6. The van der Waals surface area contributed by atoms with Crippen molar-refractivity contribution in [2.75, 3.05) is 20.1 Å². The van der Waals surface area contributed by atoms with Gasteiger partial charge in [-0.15, -0.1) is 5.10 Å². The number of carbonyl (C=O) groups is 3. The van der Waals surface area contributed by atoms with Gasteiger partial charge in [0.25, 0.3) is 0 Å². The van der Waals surface area contributed by atoms with Crippen LogP contribution >= 0.6 is 0 Å². The zero-order valence-electron chi connectivity index (χ0n) is 32.8. The molecule has 284 valence electrons. The summed E-state index contributed by atoms with van der Waals surface area (Å²) in [7, 11) is 1.33. The van der Waals surface area contributed by atoms with E-state index in [0.29, 0.717) is 54.7 Å². The van der Waals surface area contributed by atoms with Gasteiger partial charge in [0.1, 0.15) is 35.2 Å². The molecule has 14 heteroatoms. The molecule has 0 radical (unpaired) electrons. The van der Waals surface area contributed by atoms with Crippen LogP contribution in [0.3, 0.4) is 0 Å². The summed E-state index contributed by atoms with van der Waals surface area (Å²) in [6, 6.07) is 3.84. The molecule has 5 aliphatic rings. The molecule has 2 saturated heterocycles. The largest absolute Gasteiger partial charge is 0.486 e. The monoisotopic (exact) mass is 721 g/mol. The average Bonchev–Trinajstić information content (AvgIpc) is 3.58. The summed E-state index contributed by atoms with van der Waals surface area (Å²) in [5.41, 5.74) is 1.53. The first-order valence-corrected chi connectivity index (χ1v) is 18.6. The van der Waals surface area contributed by atoms with Crippen molar-refractivity contribution in [1.82, 2.24) is 24.8 Å². The highest BCUT2D eigenvalue weighted by Gasteiger charge is 2.67. The van der Waals surface area contributed by atoms with Gasteiger partial charge in [0.15, 0.2) is 0 Å². The lowest BCUT2D eigenvalue weighted by Crippen LogP contribution is -2.65. The van der Waals surface area contributed by atoms with E-state index in [2.05, 4.69) is 31.1 Å². The lowest BCUT2D eigenvalue weighted by atomic mass is 9.43. The number of aromatic nitrogens is 3. The van der Waals surface area contributed by atoms with E-state index in [1.54, 1.807) is 32.7 Å². The molecule has 2 amide bonds. The highest BCUT2D eigenvalue weighted by molar-refractivity contribution is 6.45. The van der Waals surface area contributed by atoms with Crippen molar-refractivity contribution < 1.29 is 37.9 Å². The Hall–Kier alpha value is -3.65. The molecular weight excluding hydrogens is 665 g/mol. The van der Waals surface area contributed by atoms with Crippen molar-refractivity contribution in [1.29, 1.82) is 0 Å². The van der Waals surface area contributed by atoms with Crippen LogP contribution in [0.15, 0.2) is 18.3 Å². The van der Waals surface area contributed by atoms with Crippen LogP contribution in [0.1, 0.15) is 102 Å². The van der Waals surface area contributed by atoms with Crippen LogP contribution in [0.4, 0.5) is 4.79 Å².